The van der Waals surface area contributed by atoms with Gasteiger partial charge in [-0.3, -0.25) is 4.90 Å². The van der Waals surface area contributed by atoms with E-state index in [9.17, 15) is 4.39 Å². The van der Waals surface area contributed by atoms with Crippen LogP contribution in [0.15, 0.2) is 30.3 Å². The van der Waals surface area contributed by atoms with Gasteiger partial charge in [0.1, 0.15) is 17.5 Å². The van der Waals surface area contributed by atoms with E-state index in [2.05, 4.69) is 15.3 Å². The first-order valence-corrected chi connectivity index (χ1v) is 7.09. The maximum absolute atomic E-state index is 13.6. The molecule has 0 amide bonds. The zero-order chi connectivity index (χ0) is 15.2. The Kier molecular flexibility index (Phi) is 5.22. The number of hydrogen-bond donors (Lipinski definition) is 1. The van der Waals surface area contributed by atoms with Crippen LogP contribution in [-0.4, -0.2) is 28.5 Å². The van der Waals surface area contributed by atoms with Crippen molar-refractivity contribution in [1.29, 1.82) is 0 Å². The van der Waals surface area contributed by atoms with Gasteiger partial charge >= 0.3 is 0 Å². The Hall–Kier alpha value is -2.01. The van der Waals surface area contributed by atoms with Crippen molar-refractivity contribution in [3.63, 3.8) is 0 Å². The minimum atomic E-state index is -0.178. The zero-order valence-corrected chi connectivity index (χ0v) is 12.7. The summed E-state index contributed by atoms with van der Waals surface area (Å²) in [5.41, 5.74) is 1.61. The topological polar surface area (TPSA) is 41.1 Å². The van der Waals surface area contributed by atoms with Gasteiger partial charge in [0, 0.05) is 30.4 Å². The number of rotatable bonds is 6. The van der Waals surface area contributed by atoms with Crippen molar-refractivity contribution in [2.24, 2.45) is 0 Å². The molecular formula is C16H21FN4. The maximum Gasteiger partial charge on any atom is 0.144 e. The summed E-state index contributed by atoms with van der Waals surface area (Å²) >= 11 is 0. The molecule has 4 nitrogen and oxygen atoms in total. The highest BCUT2D eigenvalue weighted by Gasteiger charge is 2.08. The highest BCUT2D eigenvalue weighted by molar-refractivity contribution is 5.35. The second-order valence-electron chi connectivity index (χ2n) is 5.10. The summed E-state index contributed by atoms with van der Waals surface area (Å²) in [4.78, 5) is 10.9. The molecule has 0 spiro atoms. The summed E-state index contributed by atoms with van der Waals surface area (Å²) in [5.74, 6) is 1.40. The van der Waals surface area contributed by atoms with Crippen LogP contribution < -0.4 is 5.32 Å². The Balaban J connectivity index is 2.05. The van der Waals surface area contributed by atoms with Crippen LogP contribution in [0, 0.1) is 12.7 Å². The van der Waals surface area contributed by atoms with Gasteiger partial charge in [-0.2, -0.15) is 0 Å². The Morgan fingerprint density at radius 2 is 1.95 bits per heavy atom. The van der Waals surface area contributed by atoms with E-state index >= 15 is 0 Å². The van der Waals surface area contributed by atoms with Crippen LogP contribution in [0.4, 0.5) is 10.2 Å². The summed E-state index contributed by atoms with van der Waals surface area (Å²) in [6, 6.07) is 8.75. The Labute approximate surface area is 125 Å². The first-order chi connectivity index (χ1) is 10.1. The molecule has 21 heavy (non-hydrogen) atoms. The van der Waals surface area contributed by atoms with Crippen molar-refractivity contribution in [3.8, 4) is 0 Å². The second kappa shape index (κ2) is 7.13. The fraction of sp³-hybridized carbons (Fsp3) is 0.375. The number of aryl methyl sites for hydroxylation is 1. The number of nitrogens with zero attached hydrogens (tertiary/aromatic N) is 3. The van der Waals surface area contributed by atoms with Crippen LogP contribution in [0.3, 0.4) is 0 Å². The molecule has 1 N–H and O–H groups in total. The minimum Gasteiger partial charge on any atom is -0.370 e. The standard InChI is InChI=1S/C16H21FN4/c1-4-18-15-9-12(2)19-16(20-15)11-21(3)10-13-7-5-6-8-14(13)17/h5-9H,4,10-11H2,1-3H3,(H,18,19,20). The number of nitrogens with one attached hydrogen (secondary N) is 1. The van der Waals surface area contributed by atoms with E-state index in [4.69, 9.17) is 0 Å². The molecule has 1 aromatic heterocycles. The molecule has 1 aromatic carbocycles. The Morgan fingerprint density at radius 3 is 2.67 bits per heavy atom. The van der Waals surface area contributed by atoms with Crippen LogP contribution in [0.2, 0.25) is 0 Å². The van der Waals surface area contributed by atoms with E-state index in [-0.39, 0.29) is 5.82 Å². The summed E-state index contributed by atoms with van der Waals surface area (Å²) in [6.07, 6.45) is 0. The zero-order valence-electron chi connectivity index (χ0n) is 12.7. The molecular weight excluding hydrogens is 267 g/mol. The fourth-order valence-electron chi connectivity index (χ4n) is 2.19. The highest BCUT2D eigenvalue weighted by Crippen LogP contribution is 2.12. The van der Waals surface area contributed by atoms with Crippen molar-refractivity contribution >= 4 is 5.82 Å². The molecule has 112 valence electrons. The SMILES string of the molecule is CCNc1cc(C)nc(CN(C)Cc2ccccc2F)n1. The van der Waals surface area contributed by atoms with Crippen molar-refractivity contribution in [1.82, 2.24) is 14.9 Å². The summed E-state index contributed by atoms with van der Waals surface area (Å²) in [6.45, 7) is 5.90. The lowest BCUT2D eigenvalue weighted by molar-refractivity contribution is 0.305. The minimum absolute atomic E-state index is 0.178. The van der Waals surface area contributed by atoms with Gasteiger partial charge in [0.25, 0.3) is 0 Å². The summed E-state index contributed by atoms with van der Waals surface area (Å²) < 4.78 is 13.6. The van der Waals surface area contributed by atoms with E-state index in [1.165, 1.54) is 6.07 Å². The Bertz CT molecular complexity index is 601. The molecule has 2 rings (SSSR count). The van der Waals surface area contributed by atoms with Crippen molar-refractivity contribution in [2.45, 2.75) is 26.9 Å². The molecule has 0 atom stereocenters. The van der Waals surface area contributed by atoms with Gasteiger partial charge in [0.15, 0.2) is 0 Å². The lowest BCUT2D eigenvalue weighted by atomic mass is 10.2. The number of halogens is 1. The second-order valence-corrected chi connectivity index (χ2v) is 5.10. The largest absolute Gasteiger partial charge is 0.370 e. The van der Waals surface area contributed by atoms with E-state index in [0.717, 1.165) is 23.9 Å². The van der Waals surface area contributed by atoms with Gasteiger partial charge in [-0.05, 0) is 27.0 Å². The molecule has 0 aliphatic heterocycles. The third-order valence-corrected chi connectivity index (χ3v) is 3.07. The van der Waals surface area contributed by atoms with Crippen LogP contribution in [0.25, 0.3) is 0 Å². The summed E-state index contributed by atoms with van der Waals surface area (Å²) in [5, 5.41) is 3.19. The third kappa shape index (κ3) is 4.49. The fourth-order valence-corrected chi connectivity index (χ4v) is 2.19. The molecule has 5 heteroatoms. The van der Waals surface area contributed by atoms with Crippen molar-refractivity contribution < 1.29 is 4.39 Å². The average Bonchev–Trinajstić information content (AvgIpc) is 2.41. The lowest BCUT2D eigenvalue weighted by Gasteiger charge is -2.17. The molecule has 0 bridgehead atoms. The number of benzene rings is 1. The van der Waals surface area contributed by atoms with E-state index in [0.29, 0.717) is 18.7 Å². The predicted molar refractivity (Wildman–Crippen MR) is 82.5 cm³/mol. The Morgan fingerprint density at radius 1 is 1.19 bits per heavy atom. The molecule has 0 unspecified atom stereocenters. The van der Waals surface area contributed by atoms with E-state index in [1.807, 2.05) is 37.9 Å². The molecule has 0 aliphatic carbocycles. The van der Waals surface area contributed by atoms with E-state index < -0.39 is 0 Å². The van der Waals surface area contributed by atoms with Crippen molar-refractivity contribution in [3.05, 3.63) is 53.2 Å². The van der Waals surface area contributed by atoms with Gasteiger partial charge < -0.3 is 5.32 Å². The van der Waals surface area contributed by atoms with Crippen LogP contribution in [0.5, 0.6) is 0 Å². The van der Waals surface area contributed by atoms with Gasteiger partial charge in [-0.1, -0.05) is 18.2 Å². The quantitative estimate of drug-likeness (QED) is 0.887. The predicted octanol–water partition coefficient (Wildman–Crippen LogP) is 2.99. The molecule has 0 radical (unpaired) electrons. The summed E-state index contributed by atoms with van der Waals surface area (Å²) in [7, 11) is 1.94. The van der Waals surface area contributed by atoms with Crippen LogP contribution in [-0.2, 0) is 13.1 Å². The lowest BCUT2D eigenvalue weighted by Crippen LogP contribution is -2.20. The van der Waals surface area contributed by atoms with Crippen LogP contribution >= 0.6 is 0 Å². The first kappa shape index (κ1) is 15.4. The van der Waals surface area contributed by atoms with Gasteiger partial charge in [0.05, 0.1) is 6.54 Å². The molecule has 0 aliphatic rings. The highest BCUT2D eigenvalue weighted by atomic mass is 19.1. The van der Waals surface area contributed by atoms with Gasteiger partial charge in [-0.25, -0.2) is 14.4 Å². The van der Waals surface area contributed by atoms with Gasteiger partial charge in [0.2, 0.25) is 0 Å². The first-order valence-electron chi connectivity index (χ1n) is 7.09. The smallest absolute Gasteiger partial charge is 0.144 e. The number of aromatic nitrogens is 2. The monoisotopic (exact) mass is 288 g/mol. The number of hydrogen-bond acceptors (Lipinski definition) is 4. The molecule has 1 heterocycles. The molecule has 0 saturated carbocycles. The van der Waals surface area contributed by atoms with Gasteiger partial charge in [-0.15, -0.1) is 0 Å². The maximum atomic E-state index is 13.6. The van der Waals surface area contributed by atoms with Crippen LogP contribution in [0.1, 0.15) is 24.0 Å². The number of anilines is 1. The molecule has 0 fully saturated rings. The average molecular weight is 288 g/mol. The third-order valence-electron chi connectivity index (χ3n) is 3.07. The normalized spacial score (nSPS) is 10.9. The van der Waals surface area contributed by atoms with E-state index in [1.54, 1.807) is 12.1 Å². The molecule has 0 saturated heterocycles. The van der Waals surface area contributed by atoms with Crippen molar-refractivity contribution in [2.75, 3.05) is 18.9 Å². The molecule has 2 aromatic rings.